The van der Waals surface area contributed by atoms with E-state index in [1.54, 1.807) is 11.3 Å². The first-order chi connectivity index (χ1) is 12.5. The molecule has 4 N–H and O–H groups in total. The average Bonchev–Trinajstić information content (AvgIpc) is 3.32. The number of nitrogens with two attached hydrogens (primary N) is 1. The van der Waals surface area contributed by atoms with Crippen molar-refractivity contribution < 1.29 is 14.3 Å². The van der Waals surface area contributed by atoms with Crippen LogP contribution in [0.4, 0.5) is 5.13 Å². The largest absolute Gasteiger partial charge is 0.364 e. The third-order valence-corrected chi connectivity index (χ3v) is 6.07. The molecular weight excluding hydrogens is 408 g/mol. The average molecular weight is 431 g/mol. The summed E-state index contributed by atoms with van der Waals surface area (Å²) in [5, 5.41) is 6.21. The molecule has 2 aromatic heterocycles. The maximum atomic E-state index is 12.3. The van der Waals surface area contributed by atoms with Gasteiger partial charge in [-0.1, -0.05) is 0 Å². The van der Waals surface area contributed by atoms with Crippen molar-refractivity contribution in [2.24, 2.45) is 5.73 Å². The van der Waals surface area contributed by atoms with Crippen LogP contribution in [0.5, 0.6) is 0 Å². The third kappa shape index (κ3) is 5.49. The lowest BCUT2D eigenvalue weighted by atomic mass is 10.2. The van der Waals surface area contributed by atoms with Crippen LogP contribution in [0.25, 0.3) is 10.6 Å². The zero-order valence-electron chi connectivity index (χ0n) is 15.1. The molecule has 0 aliphatic carbocycles. The number of nitrogens with zero attached hydrogens (tertiary/aromatic N) is 1. The summed E-state index contributed by atoms with van der Waals surface area (Å²) >= 11 is 3.03. The van der Waals surface area contributed by atoms with Crippen molar-refractivity contribution in [3.8, 4) is 10.6 Å². The Morgan fingerprint density at radius 2 is 2.11 bits per heavy atom. The van der Waals surface area contributed by atoms with Gasteiger partial charge in [-0.15, -0.1) is 35.1 Å². The van der Waals surface area contributed by atoms with Crippen molar-refractivity contribution in [1.82, 2.24) is 10.3 Å². The summed E-state index contributed by atoms with van der Waals surface area (Å²) in [4.78, 5) is 31.0. The molecule has 2 amide bonds. The van der Waals surface area contributed by atoms with Gasteiger partial charge in [0.05, 0.1) is 23.2 Å². The quantitative estimate of drug-likeness (QED) is 0.653. The molecule has 1 aliphatic heterocycles. The number of thiophene rings is 1. The smallest absolute Gasteiger partial charge is 0.255 e. The van der Waals surface area contributed by atoms with Crippen LogP contribution in [-0.2, 0) is 20.9 Å². The fourth-order valence-corrected chi connectivity index (χ4v) is 4.64. The number of carbonyl (C=O) groups excluding carboxylic acids is 2. The molecule has 1 fully saturated rings. The lowest BCUT2D eigenvalue weighted by molar-refractivity contribution is -0.126. The highest BCUT2D eigenvalue weighted by atomic mass is 35.5. The molecule has 10 heteroatoms. The number of aromatic nitrogens is 1. The first kappa shape index (κ1) is 21.8. The second-order valence-corrected chi connectivity index (χ2v) is 8.52. The van der Waals surface area contributed by atoms with Gasteiger partial charge in [-0.3, -0.25) is 14.9 Å². The van der Waals surface area contributed by atoms with Gasteiger partial charge in [0.15, 0.2) is 5.13 Å². The van der Waals surface area contributed by atoms with Crippen molar-refractivity contribution in [2.75, 3.05) is 11.9 Å². The van der Waals surface area contributed by atoms with E-state index >= 15 is 0 Å². The predicted molar refractivity (Wildman–Crippen MR) is 111 cm³/mol. The Hall–Kier alpha value is -1.52. The van der Waals surface area contributed by atoms with Crippen molar-refractivity contribution in [3.63, 3.8) is 0 Å². The van der Waals surface area contributed by atoms with Gasteiger partial charge in [-0.25, -0.2) is 4.98 Å². The summed E-state index contributed by atoms with van der Waals surface area (Å²) in [7, 11) is 0. The molecular formula is C17H23ClN4O3S2. The summed E-state index contributed by atoms with van der Waals surface area (Å²) < 4.78 is 5.62. The number of thiazole rings is 1. The molecule has 148 valence electrons. The molecule has 27 heavy (non-hydrogen) atoms. The fourth-order valence-electron chi connectivity index (χ4n) is 2.75. The fraction of sp³-hybridized carbons (Fsp3) is 0.471. The zero-order chi connectivity index (χ0) is 18.7. The number of ether oxygens (including phenoxy) is 1. The minimum atomic E-state index is -0.456. The zero-order valence-corrected chi connectivity index (χ0v) is 17.6. The van der Waals surface area contributed by atoms with E-state index < -0.39 is 6.10 Å². The Morgan fingerprint density at radius 3 is 2.78 bits per heavy atom. The van der Waals surface area contributed by atoms with Crippen LogP contribution in [0.3, 0.4) is 0 Å². The van der Waals surface area contributed by atoms with Gasteiger partial charge in [-0.05, 0) is 31.9 Å². The number of hydrogen-bond donors (Lipinski definition) is 3. The van der Waals surface area contributed by atoms with Crippen LogP contribution >= 0.6 is 35.1 Å². The van der Waals surface area contributed by atoms with Crippen LogP contribution in [0.1, 0.15) is 29.5 Å². The molecule has 3 heterocycles. The molecule has 0 unspecified atom stereocenters. The van der Waals surface area contributed by atoms with Crippen molar-refractivity contribution in [1.29, 1.82) is 0 Å². The molecule has 1 saturated heterocycles. The first-order valence-electron chi connectivity index (χ1n) is 8.43. The summed E-state index contributed by atoms with van der Waals surface area (Å²) in [5.74, 6) is -0.223. The normalized spacial score (nSPS) is 18.8. The Bertz CT molecular complexity index is 808. The SMILES string of the molecule is CC(=O)NCc1ccc(-c2nc(NC(=O)[C@@H]3CC[C@H](CN)O3)sc2C)s1.Cl. The van der Waals surface area contributed by atoms with Crippen LogP contribution < -0.4 is 16.4 Å². The van der Waals surface area contributed by atoms with Crippen LogP contribution in [0.15, 0.2) is 12.1 Å². The Balaban J connectivity index is 0.00000261. The predicted octanol–water partition coefficient (Wildman–Crippen LogP) is 2.68. The minimum Gasteiger partial charge on any atom is -0.364 e. The highest BCUT2D eigenvalue weighted by Crippen LogP contribution is 2.35. The number of carbonyl (C=O) groups is 2. The molecule has 0 bridgehead atoms. The van der Waals surface area contributed by atoms with E-state index in [1.165, 1.54) is 18.3 Å². The maximum absolute atomic E-state index is 12.3. The second-order valence-electron chi connectivity index (χ2n) is 6.15. The number of halogens is 1. The Morgan fingerprint density at radius 1 is 1.33 bits per heavy atom. The molecule has 3 rings (SSSR count). The molecule has 1 aliphatic rings. The highest BCUT2D eigenvalue weighted by molar-refractivity contribution is 7.18. The van der Waals surface area contributed by atoms with Gasteiger partial charge in [-0.2, -0.15) is 0 Å². The Kier molecular flexibility index (Phi) is 7.75. The van der Waals surface area contributed by atoms with E-state index in [1.807, 2.05) is 19.1 Å². The van der Waals surface area contributed by atoms with E-state index in [0.717, 1.165) is 26.7 Å². The molecule has 7 nitrogen and oxygen atoms in total. The highest BCUT2D eigenvalue weighted by Gasteiger charge is 2.30. The van der Waals surface area contributed by atoms with Gasteiger partial charge in [0, 0.05) is 23.2 Å². The molecule has 2 aromatic rings. The monoisotopic (exact) mass is 430 g/mol. The summed E-state index contributed by atoms with van der Waals surface area (Å²) in [6.45, 7) is 4.42. The number of amides is 2. The minimum absolute atomic E-state index is 0. The molecule has 0 radical (unpaired) electrons. The van der Waals surface area contributed by atoms with Crippen molar-refractivity contribution in [3.05, 3.63) is 21.9 Å². The van der Waals surface area contributed by atoms with Crippen LogP contribution in [0.2, 0.25) is 0 Å². The van der Waals surface area contributed by atoms with E-state index in [-0.39, 0.29) is 30.3 Å². The van der Waals surface area contributed by atoms with E-state index in [4.69, 9.17) is 10.5 Å². The topological polar surface area (TPSA) is 106 Å². The standard InChI is InChI=1S/C17H22N4O3S2.ClH/c1-9-15(14-6-4-12(26-14)8-19-10(2)22)20-17(25-9)21-16(23)13-5-3-11(7-18)24-13;/h4,6,11,13H,3,5,7-8,18H2,1-2H3,(H,19,22)(H,20,21,23);1H/t11-,13+;/m1./s1. The molecule has 0 spiro atoms. The van der Waals surface area contributed by atoms with Crippen molar-refractivity contribution in [2.45, 2.75) is 45.4 Å². The van der Waals surface area contributed by atoms with Gasteiger partial charge in [0.2, 0.25) is 5.91 Å². The van der Waals surface area contributed by atoms with Crippen molar-refractivity contribution >= 4 is 52.0 Å². The molecule has 0 aromatic carbocycles. The summed E-state index contributed by atoms with van der Waals surface area (Å²) in [5.41, 5.74) is 6.45. The van der Waals surface area contributed by atoms with Crippen LogP contribution in [0, 0.1) is 6.92 Å². The van der Waals surface area contributed by atoms with Gasteiger partial charge < -0.3 is 15.8 Å². The molecule has 2 atom stereocenters. The number of nitrogens with one attached hydrogen (secondary N) is 2. The van der Waals surface area contributed by atoms with Gasteiger partial charge in [0.25, 0.3) is 5.91 Å². The number of aryl methyl sites for hydroxylation is 1. The van der Waals surface area contributed by atoms with E-state index in [2.05, 4.69) is 15.6 Å². The first-order valence-corrected chi connectivity index (χ1v) is 10.1. The third-order valence-electron chi connectivity index (χ3n) is 4.10. The lowest BCUT2D eigenvalue weighted by Gasteiger charge is -2.11. The number of rotatable bonds is 6. The van der Waals surface area contributed by atoms with Gasteiger partial charge >= 0.3 is 0 Å². The van der Waals surface area contributed by atoms with E-state index in [9.17, 15) is 9.59 Å². The summed E-state index contributed by atoms with van der Waals surface area (Å²) in [6.07, 6.45) is 1.00. The van der Waals surface area contributed by atoms with Crippen LogP contribution in [-0.4, -0.2) is 35.6 Å². The van der Waals surface area contributed by atoms with Gasteiger partial charge in [0.1, 0.15) is 6.10 Å². The Labute approximate surface area is 172 Å². The second kappa shape index (κ2) is 9.61. The number of hydrogen-bond acceptors (Lipinski definition) is 7. The van der Waals surface area contributed by atoms with E-state index in [0.29, 0.717) is 24.6 Å². The maximum Gasteiger partial charge on any atom is 0.255 e. The lowest BCUT2D eigenvalue weighted by Crippen LogP contribution is -2.29. The number of anilines is 1. The molecule has 0 saturated carbocycles. The summed E-state index contributed by atoms with van der Waals surface area (Å²) in [6, 6.07) is 3.97.